The second-order valence-corrected chi connectivity index (χ2v) is 3.78. The largest absolute Gasteiger partial charge is 0.494 e. The molecule has 0 saturated carbocycles. The lowest BCUT2D eigenvalue weighted by molar-refractivity contribution is 0.419. The normalized spacial score (nSPS) is 10.5. The fourth-order valence-electron chi connectivity index (χ4n) is 1.79. The van der Waals surface area contributed by atoms with Gasteiger partial charge in [0.2, 0.25) is 0 Å². The standard InChI is InChI=1S/C13H17N3O/c1-17-12-5-2-4-10-11(15-8-3-7-14)6-9-16-13(10)12/h2,4-6,9H,3,7-8,14H2,1H3,(H,15,16). The molecule has 0 saturated heterocycles. The minimum absolute atomic E-state index is 0.694. The molecule has 0 aliphatic carbocycles. The number of benzene rings is 1. The quantitative estimate of drug-likeness (QED) is 0.773. The molecule has 4 nitrogen and oxygen atoms in total. The monoisotopic (exact) mass is 231 g/mol. The second kappa shape index (κ2) is 5.50. The molecule has 3 N–H and O–H groups in total. The minimum Gasteiger partial charge on any atom is -0.494 e. The summed E-state index contributed by atoms with van der Waals surface area (Å²) in [6.07, 6.45) is 2.74. The van der Waals surface area contributed by atoms with Gasteiger partial charge in [-0.1, -0.05) is 12.1 Å². The van der Waals surface area contributed by atoms with E-state index >= 15 is 0 Å². The summed E-state index contributed by atoms with van der Waals surface area (Å²) in [5.41, 5.74) is 7.43. The molecule has 0 amide bonds. The van der Waals surface area contributed by atoms with Crippen molar-refractivity contribution in [2.45, 2.75) is 6.42 Å². The molecule has 0 atom stereocenters. The average molecular weight is 231 g/mol. The molecule has 0 bridgehead atoms. The van der Waals surface area contributed by atoms with Crippen molar-refractivity contribution in [1.29, 1.82) is 0 Å². The molecule has 0 spiro atoms. The Bertz CT molecular complexity index is 499. The Morgan fingerprint density at radius 2 is 2.24 bits per heavy atom. The van der Waals surface area contributed by atoms with Gasteiger partial charge >= 0.3 is 0 Å². The van der Waals surface area contributed by atoms with Gasteiger partial charge in [-0.3, -0.25) is 4.98 Å². The van der Waals surface area contributed by atoms with E-state index < -0.39 is 0 Å². The van der Waals surface area contributed by atoms with Crippen molar-refractivity contribution in [2.75, 3.05) is 25.5 Å². The summed E-state index contributed by atoms with van der Waals surface area (Å²) in [4.78, 5) is 4.35. The first-order valence-corrected chi connectivity index (χ1v) is 5.72. The van der Waals surface area contributed by atoms with Gasteiger partial charge in [-0.05, 0) is 25.1 Å². The van der Waals surface area contributed by atoms with E-state index in [1.54, 1.807) is 13.3 Å². The van der Waals surface area contributed by atoms with Gasteiger partial charge in [-0.2, -0.15) is 0 Å². The Kier molecular flexibility index (Phi) is 3.77. The Morgan fingerprint density at radius 1 is 1.35 bits per heavy atom. The fourth-order valence-corrected chi connectivity index (χ4v) is 1.79. The lowest BCUT2D eigenvalue weighted by Gasteiger charge is -2.10. The van der Waals surface area contributed by atoms with Crippen molar-refractivity contribution in [3.05, 3.63) is 30.5 Å². The van der Waals surface area contributed by atoms with E-state index in [9.17, 15) is 0 Å². The first-order valence-electron chi connectivity index (χ1n) is 5.72. The van der Waals surface area contributed by atoms with E-state index in [0.717, 1.165) is 35.3 Å². The Hall–Kier alpha value is -1.81. The number of anilines is 1. The Balaban J connectivity index is 2.36. The fraction of sp³-hybridized carbons (Fsp3) is 0.308. The van der Waals surface area contributed by atoms with Crippen LogP contribution in [-0.4, -0.2) is 25.2 Å². The van der Waals surface area contributed by atoms with Crippen LogP contribution < -0.4 is 15.8 Å². The number of rotatable bonds is 5. The third kappa shape index (κ3) is 2.47. The first-order chi connectivity index (χ1) is 8.36. The zero-order chi connectivity index (χ0) is 12.1. The van der Waals surface area contributed by atoms with Crippen molar-refractivity contribution in [2.24, 2.45) is 5.73 Å². The third-order valence-corrected chi connectivity index (χ3v) is 2.65. The molecule has 1 aromatic carbocycles. The van der Waals surface area contributed by atoms with Crippen LogP contribution in [0.3, 0.4) is 0 Å². The van der Waals surface area contributed by atoms with Crippen LogP contribution in [0.15, 0.2) is 30.5 Å². The number of nitrogens with one attached hydrogen (secondary N) is 1. The lowest BCUT2D eigenvalue weighted by atomic mass is 10.1. The molecular formula is C13H17N3O. The number of para-hydroxylation sites is 1. The number of hydrogen-bond acceptors (Lipinski definition) is 4. The SMILES string of the molecule is COc1cccc2c(NCCCN)ccnc12. The topological polar surface area (TPSA) is 60.2 Å². The maximum absolute atomic E-state index is 5.48. The summed E-state index contributed by atoms with van der Waals surface area (Å²) >= 11 is 0. The Morgan fingerprint density at radius 3 is 3.00 bits per heavy atom. The third-order valence-electron chi connectivity index (χ3n) is 2.65. The first kappa shape index (κ1) is 11.7. The van der Waals surface area contributed by atoms with Crippen LogP contribution in [0.2, 0.25) is 0 Å². The molecule has 4 heteroatoms. The molecule has 0 fully saturated rings. The lowest BCUT2D eigenvalue weighted by Crippen LogP contribution is -2.08. The maximum Gasteiger partial charge on any atom is 0.145 e. The summed E-state index contributed by atoms with van der Waals surface area (Å²) < 4.78 is 5.30. The van der Waals surface area contributed by atoms with Gasteiger partial charge in [-0.25, -0.2) is 0 Å². The van der Waals surface area contributed by atoms with Crippen LogP contribution in [-0.2, 0) is 0 Å². The number of nitrogens with two attached hydrogens (primary N) is 1. The maximum atomic E-state index is 5.48. The van der Waals surface area contributed by atoms with Crippen LogP contribution in [0.5, 0.6) is 5.75 Å². The molecule has 0 aliphatic rings. The number of aromatic nitrogens is 1. The number of nitrogens with zero attached hydrogens (tertiary/aromatic N) is 1. The van der Waals surface area contributed by atoms with Crippen molar-refractivity contribution >= 4 is 16.6 Å². The van der Waals surface area contributed by atoms with E-state index in [1.165, 1.54) is 0 Å². The highest BCUT2D eigenvalue weighted by Crippen LogP contribution is 2.28. The molecule has 2 rings (SSSR count). The molecule has 0 aliphatic heterocycles. The van der Waals surface area contributed by atoms with Crippen LogP contribution in [0.4, 0.5) is 5.69 Å². The number of pyridine rings is 1. The number of ether oxygens (including phenoxy) is 1. The molecular weight excluding hydrogens is 214 g/mol. The zero-order valence-corrected chi connectivity index (χ0v) is 9.94. The van der Waals surface area contributed by atoms with Gasteiger partial charge in [0.15, 0.2) is 0 Å². The second-order valence-electron chi connectivity index (χ2n) is 3.78. The molecule has 90 valence electrons. The van der Waals surface area contributed by atoms with Crippen LogP contribution >= 0.6 is 0 Å². The van der Waals surface area contributed by atoms with E-state index in [1.807, 2.05) is 24.3 Å². The average Bonchev–Trinajstić information content (AvgIpc) is 2.38. The van der Waals surface area contributed by atoms with Crippen molar-refractivity contribution in [1.82, 2.24) is 4.98 Å². The molecule has 1 heterocycles. The molecule has 1 aromatic heterocycles. The van der Waals surface area contributed by atoms with Crippen LogP contribution in [0.1, 0.15) is 6.42 Å². The predicted octanol–water partition coefficient (Wildman–Crippen LogP) is 2.00. The summed E-state index contributed by atoms with van der Waals surface area (Å²) in [7, 11) is 1.66. The van der Waals surface area contributed by atoms with Crippen molar-refractivity contribution in [3.8, 4) is 5.75 Å². The minimum atomic E-state index is 0.694. The van der Waals surface area contributed by atoms with Gasteiger partial charge in [0.05, 0.1) is 7.11 Å². The van der Waals surface area contributed by atoms with Crippen molar-refractivity contribution < 1.29 is 4.74 Å². The molecule has 0 unspecified atom stereocenters. The predicted molar refractivity (Wildman–Crippen MR) is 70.5 cm³/mol. The van der Waals surface area contributed by atoms with E-state index in [0.29, 0.717) is 6.54 Å². The van der Waals surface area contributed by atoms with Crippen LogP contribution in [0.25, 0.3) is 10.9 Å². The highest BCUT2D eigenvalue weighted by molar-refractivity contribution is 5.94. The number of hydrogen-bond donors (Lipinski definition) is 2. The molecule has 2 aromatic rings. The summed E-state index contributed by atoms with van der Waals surface area (Å²) in [5.74, 6) is 0.796. The van der Waals surface area contributed by atoms with Gasteiger partial charge in [0.25, 0.3) is 0 Å². The summed E-state index contributed by atoms with van der Waals surface area (Å²) in [6.45, 7) is 1.56. The van der Waals surface area contributed by atoms with E-state index in [4.69, 9.17) is 10.5 Å². The Labute approximate surface area is 101 Å². The number of fused-ring (bicyclic) bond motifs is 1. The highest BCUT2D eigenvalue weighted by Gasteiger charge is 2.05. The van der Waals surface area contributed by atoms with Gasteiger partial charge in [0, 0.05) is 23.8 Å². The summed E-state index contributed by atoms with van der Waals surface area (Å²) in [5, 5.41) is 4.44. The smallest absolute Gasteiger partial charge is 0.145 e. The summed E-state index contributed by atoms with van der Waals surface area (Å²) in [6, 6.07) is 7.89. The highest BCUT2D eigenvalue weighted by atomic mass is 16.5. The van der Waals surface area contributed by atoms with E-state index in [-0.39, 0.29) is 0 Å². The van der Waals surface area contributed by atoms with Crippen LogP contribution in [0, 0.1) is 0 Å². The van der Waals surface area contributed by atoms with Gasteiger partial charge in [-0.15, -0.1) is 0 Å². The number of methoxy groups -OCH3 is 1. The zero-order valence-electron chi connectivity index (χ0n) is 9.94. The van der Waals surface area contributed by atoms with Gasteiger partial charge < -0.3 is 15.8 Å². The molecule has 0 radical (unpaired) electrons. The van der Waals surface area contributed by atoms with Gasteiger partial charge in [0.1, 0.15) is 11.3 Å². The molecule has 17 heavy (non-hydrogen) atoms. The van der Waals surface area contributed by atoms with Crippen molar-refractivity contribution in [3.63, 3.8) is 0 Å². The van der Waals surface area contributed by atoms with E-state index in [2.05, 4.69) is 10.3 Å².